The molecule has 1 aromatic rings. The molecule has 6 heteroatoms. The van der Waals surface area contributed by atoms with E-state index < -0.39 is 0 Å². The smallest absolute Gasteiger partial charge is 0.254 e. The van der Waals surface area contributed by atoms with Gasteiger partial charge in [-0.2, -0.15) is 0 Å². The van der Waals surface area contributed by atoms with Gasteiger partial charge in [-0.3, -0.25) is 9.59 Å². The van der Waals surface area contributed by atoms with E-state index >= 15 is 0 Å². The number of amides is 2. The van der Waals surface area contributed by atoms with Gasteiger partial charge < -0.3 is 14.5 Å². The van der Waals surface area contributed by atoms with Crippen molar-refractivity contribution < 1.29 is 14.3 Å². The fraction of sp³-hybridized carbons (Fsp3) is 0.579. The fourth-order valence-corrected chi connectivity index (χ4v) is 3.03. The minimum atomic E-state index is -0.0612. The fourth-order valence-electron chi connectivity index (χ4n) is 2.80. The Hall–Kier alpha value is -1.75. The predicted octanol–water partition coefficient (Wildman–Crippen LogP) is 3.46. The first kappa shape index (κ1) is 19.6. The first-order valence-electron chi connectivity index (χ1n) is 8.81. The Morgan fingerprint density at radius 1 is 1.08 bits per heavy atom. The van der Waals surface area contributed by atoms with E-state index in [0.717, 1.165) is 0 Å². The van der Waals surface area contributed by atoms with E-state index in [-0.39, 0.29) is 17.9 Å². The lowest BCUT2D eigenvalue weighted by Gasteiger charge is -2.35. The van der Waals surface area contributed by atoms with Crippen molar-refractivity contribution in [2.75, 3.05) is 26.2 Å². The molecule has 0 radical (unpaired) electrons. The standard InChI is InChI=1S/C19H27ClN2O3/c1-13(2)11-18(23)21-7-9-22(10-8-21)19(24)15-5-6-17(16(20)12-15)25-14(3)4/h5-6,12-14H,7-11H2,1-4H3. The van der Waals surface area contributed by atoms with Crippen LogP contribution in [0, 0.1) is 5.92 Å². The number of hydrogen-bond acceptors (Lipinski definition) is 3. The summed E-state index contributed by atoms with van der Waals surface area (Å²) in [6, 6.07) is 5.12. The van der Waals surface area contributed by atoms with Crippen molar-refractivity contribution in [3.63, 3.8) is 0 Å². The molecule has 0 aliphatic carbocycles. The summed E-state index contributed by atoms with van der Waals surface area (Å²) in [5.41, 5.74) is 0.545. The Labute approximate surface area is 154 Å². The summed E-state index contributed by atoms with van der Waals surface area (Å²) >= 11 is 6.22. The van der Waals surface area contributed by atoms with Crippen LogP contribution >= 0.6 is 11.6 Å². The Kier molecular flexibility index (Phi) is 6.71. The molecule has 1 aliphatic heterocycles. The lowest BCUT2D eigenvalue weighted by molar-refractivity contribution is -0.133. The summed E-state index contributed by atoms with van der Waals surface area (Å²) in [6.45, 7) is 10.2. The Morgan fingerprint density at radius 2 is 1.68 bits per heavy atom. The normalized spacial score (nSPS) is 15.0. The van der Waals surface area contributed by atoms with Crippen LogP contribution in [0.3, 0.4) is 0 Å². The van der Waals surface area contributed by atoms with Crippen molar-refractivity contribution in [2.24, 2.45) is 5.92 Å². The van der Waals surface area contributed by atoms with E-state index in [0.29, 0.717) is 54.9 Å². The number of halogens is 1. The van der Waals surface area contributed by atoms with Crippen LogP contribution in [0.5, 0.6) is 5.75 Å². The topological polar surface area (TPSA) is 49.9 Å². The number of nitrogens with zero attached hydrogens (tertiary/aromatic N) is 2. The van der Waals surface area contributed by atoms with E-state index in [4.69, 9.17) is 16.3 Å². The maximum Gasteiger partial charge on any atom is 0.254 e. The van der Waals surface area contributed by atoms with Crippen LogP contribution in [-0.4, -0.2) is 53.9 Å². The molecule has 1 fully saturated rings. The highest BCUT2D eigenvalue weighted by Gasteiger charge is 2.25. The van der Waals surface area contributed by atoms with E-state index in [1.807, 2.05) is 32.6 Å². The molecular formula is C19H27ClN2O3. The predicted molar refractivity (Wildman–Crippen MR) is 99.2 cm³/mol. The highest BCUT2D eigenvalue weighted by molar-refractivity contribution is 6.32. The molecule has 0 spiro atoms. The maximum absolute atomic E-state index is 12.7. The van der Waals surface area contributed by atoms with Gasteiger partial charge in [-0.25, -0.2) is 0 Å². The van der Waals surface area contributed by atoms with Crippen LogP contribution in [0.2, 0.25) is 5.02 Å². The molecule has 0 N–H and O–H groups in total. The van der Waals surface area contributed by atoms with E-state index in [2.05, 4.69) is 0 Å². The first-order valence-corrected chi connectivity index (χ1v) is 9.19. The van der Waals surface area contributed by atoms with Gasteiger partial charge in [-0.15, -0.1) is 0 Å². The maximum atomic E-state index is 12.7. The van der Waals surface area contributed by atoms with E-state index in [1.54, 1.807) is 23.1 Å². The number of ether oxygens (including phenoxy) is 1. The van der Waals surface area contributed by atoms with Gasteiger partial charge in [-0.1, -0.05) is 25.4 Å². The molecule has 5 nitrogen and oxygen atoms in total. The number of carbonyl (C=O) groups is 2. The number of rotatable bonds is 5. The molecule has 0 atom stereocenters. The van der Waals surface area contributed by atoms with Crippen LogP contribution in [0.15, 0.2) is 18.2 Å². The summed E-state index contributed by atoms with van der Waals surface area (Å²) in [5, 5.41) is 0.435. The molecule has 0 unspecified atom stereocenters. The van der Waals surface area contributed by atoms with E-state index in [1.165, 1.54) is 0 Å². The zero-order valence-corrected chi connectivity index (χ0v) is 16.2. The van der Waals surface area contributed by atoms with Crippen molar-refractivity contribution in [3.8, 4) is 5.75 Å². The average Bonchev–Trinajstić information content (AvgIpc) is 2.55. The van der Waals surface area contributed by atoms with Gasteiger partial charge in [-0.05, 0) is 38.0 Å². The first-order chi connectivity index (χ1) is 11.8. The number of piperazine rings is 1. The van der Waals surface area contributed by atoms with Gasteiger partial charge in [0.25, 0.3) is 5.91 Å². The van der Waals surface area contributed by atoms with Gasteiger partial charge >= 0.3 is 0 Å². The van der Waals surface area contributed by atoms with Crippen LogP contribution in [0.4, 0.5) is 0 Å². The minimum Gasteiger partial charge on any atom is -0.489 e. The molecule has 2 amide bonds. The van der Waals surface area contributed by atoms with Gasteiger partial charge in [0.2, 0.25) is 5.91 Å². The molecule has 0 saturated carbocycles. The summed E-state index contributed by atoms with van der Waals surface area (Å²) in [6.07, 6.45) is 0.580. The monoisotopic (exact) mass is 366 g/mol. The second-order valence-electron chi connectivity index (χ2n) is 7.08. The van der Waals surface area contributed by atoms with Crippen molar-refractivity contribution in [1.29, 1.82) is 0 Å². The molecule has 0 aromatic heterocycles. The quantitative estimate of drug-likeness (QED) is 0.801. The van der Waals surface area contributed by atoms with Gasteiger partial charge in [0.15, 0.2) is 0 Å². The third-order valence-electron chi connectivity index (χ3n) is 4.04. The number of hydrogen-bond donors (Lipinski definition) is 0. The Bertz CT molecular complexity index is 623. The van der Waals surface area contributed by atoms with Crippen molar-refractivity contribution in [3.05, 3.63) is 28.8 Å². The zero-order chi connectivity index (χ0) is 18.6. The van der Waals surface area contributed by atoms with Gasteiger partial charge in [0, 0.05) is 38.2 Å². The molecular weight excluding hydrogens is 340 g/mol. The number of carbonyl (C=O) groups excluding carboxylic acids is 2. The van der Waals surface area contributed by atoms with Crippen LogP contribution in [0.1, 0.15) is 44.5 Å². The Morgan fingerprint density at radius 3 is 2.20 bits per heavy atom. The number of benzene rings is 1. The van der Waals surface area contributed by atoms with Gasteiger partial charge in [0.1, 0.15) is 5.75 Å². The minimum absolute atomic E-state index is 0.0236. The largest absolute Gasteiger partial charge is 0.489 e. The second-order valence-corrected chi connectivity index (χ2v) is 7.49. The summed E-state index contributed by atoms with van der Waals surface area (Å²) in [7, 11) is 0. The lowest BCUT2D eigenvalue weighted by Crippen LogP contribution is -2.50. The van der Waals surface area contributed by atoms with Crippen molar-refractivity contribution in [2.45, 2.75) is 40.2 Å². The molecule has 1 saturated heterocycles. The van der Waals surface area contributed by atoms with Crippen molar-refractivity contribution in [1.82, 2.24) is 9.80 Å². The molecule has 1 aliphatic rings. The molecule has 25 heavy (non-hydrogen) atoms. The van der Waals surface area contributed by atoms with Gasteiger partial charge in [0.05, 0.1) is 11.1 Å². The Balaban J connectivity index is 1.96. The molecule has 1 heterocycles. The third kappa shape index (κ3) is 5.36. The van der Waals surface area contributed by atoms with Crippen LogP contribution in [0.25, 0.3) is 0 Å². The van der Waals surface area contributed by atoms with Crippen molar-refractivity contribution >= 4 is 23.4 Å². The van der Waals surface area contributed by atoms with E-state index in [9.17, 15) is 9.59 Å². The summed E-state index contributed by atoms with van der Waals surface area (Å²) in [5.74, 6) is 1.03. The second kappa shape index (κ2) is 8.56. The highest BCUT2D eigenvalue weighted by Crippen LogP contribution is 2.27. The lowest BCUT2D eigenvalue weighted by atomic mass is 10.1. The molecule has 138 valence electrons. The zero-order valence-electron chi connectivity index (χ0n) is 15.4. The van der Waals surface area contributed by atoms with Crippen LogP contribution < -0.4 is 4.74 Å². The third-order valence-corrected chi connectivity index (χ3v) is 4.34. The van der Waals surface area contributed by atoms with Crippen LogP contribution in [-0.2, 0) is 4.79 Å². The average molecular weight is 367 g/mol. The molecule has 2 rings (SSSR count). The summed E-state index contributed by atoms with van der Waals surface area (Å²) < 4.78 is 5.60. The molecule has 0 bridgehead atoms. The highest BCUT2D eigenvalue weighted by atomic mass is 35.5. The summed E-state index contributed by atoms with van der Waals surface area (Å²) in [4.78, 5) is 28.4. The molecule has 1 aromatic carbocycles. The SMILES string of the molecule is CC(C)CC(=O)N1CCN(C(=O)c2ccc(OC(C)C)c(Cl)c2)CC1.